The summed E-state index contributed by atoms with van der Waals surface area (Å²) in [6.07, 6.45) is 1.76. The van der Waals surface area contributed by atoms with Gasteiger partial charge in [0.25, 0.3) is 10.0 Å². The van der Waals surface area contributed by atoms with Gasteiger partial charge >= 0.3 is 0 Å². The van der Waals surface area contributed by atoms with Crippen LogP contribution in [0.4, 0.5) is 5.69 Å². The first kappa shape index (κ1) is 16.1. The molecule has 0 saturated carbocycles. The van der Waals surface area contributed by atoms with Crippen molar-refractivity contribution in [3.05, 3.63) is 66.7 Å². The van der Waals surface area contributed by atoms with Crippen molar-refractivity contribution in [2.24, 2.45) is 0 Å². The zero-order chi connectivity index (χ0) is 16.0. The SMILES string of the molecule is C=CCSc1ccccc1NS(=O)(=O)c1cccc(C#N)c1. The first-order valence-electron chi connectivity index (χ1n) is 6.42. The maximum Gasteiger partial charge on any atom is 0.261 e. The molecule has 1 N–H and O–H groups in total. The quantitative estimate of drug-likeness (QED) is 0.648. The van der Waals surface area contributed by atoms with Gasteiger partial charge in [-0.25, -0.2) is 8.42 Å². The van der Waals surface area contributed by atoms with E-state index in [0.717, 1.165) is 4.90 Å². The van der Waals surface area contributed by atoms with E-state index < -0.39 is 10.0 Å². The summed E-state index contributed by atoms with van der Waals surface area (Å²) in [7, 11) is -3.73. The molecule has 0 atom stereocenters. The third-order valence-electron chi connectivity index (χ3n) is 2.76. The number of hydrogen-bond donors (Lipinski definition) is 1. The summed E-state index contributed by atoms with van der Waals surface area (Å²) in [6.45, 7) is 3.66. The molecule has 2 rings (SSSR count). The highest BCUT2D eigenvalue weighted by atomic mass is 32.2. The summed E-state index contributed by atoms with van der Waals surface area (Å²) >= 11 is 1.49. The Morgan fingerprint density at radius 1 is 1.23 bits per heavy atom. The molecule has 0 aliphatic rings. The van der Waals surface area contributed by atoms with Crippen LogP contribution in [0.15, 0.2) is 71.0 Å². The number of rotatable bonds is 6. The maximum absolute atomic E-state index is 12.4. The van der Waals surface area contributed by atoms with Gasteiger partial charge in [-0.05, 0) is 30.3 Å². The van der Waals surface area contributed by atoms with Gasteiger partial charge in [0.1, 0.15) is 0 Å². The zero-order valence-corrected chi connectivity index (χ0v) is 13.3. The zero-order valence-electron chi connectivity index (χ0n) is 11.7. The topological polar surface area (TPSA) is 70.0 Å². The highest BCUT2D eigenvalue weighted by molar-refractivity contribution is 7.99. The van der Waals surface area contributed by atoms with Gasteiger partial charge in [0.15, 0.2) is 0 Å². The van der Waals surface area contributed by atoms with E-state index in [9.17, 15) is 8.42 Å². The second-order valence-corrected chi connectivity index (χ2v) is 7.09. The van der Waals surface area contributed by atoms with E-state index in [4.69, 9.17) is 5.26 Å². The minimum Gasteiger partial charge on any atom is -0.278 e. The Labute approximate surface area is 134 Å². The van der Waals surface area contributed by atoms with Crippen LogP contribution in [0.5, 0.6) is 0 Å². The van der Waals surface area contributed by atoms with Crippen LogP contribution in [0.2, 0.25) is 0 Å². The fourth-order valence-corrected chi connectivity index (χ4v) is 3.70. The Kier molecular flexibility index (Phi) is 5.26. The molecule has 22 heavy (non-hydrogen) atoms. The lowest BCUT2D eigenvalue weighted by molar-refractivity contribution is 0.601. The third-order valence-corrected chi connectivity index (χ3v) is 5.19. The van der Waals surface area contributed by atoms with E-state index in [-0.39, 0.29) is 4.90 Å². The number of anilines is 1. The Hall–Kier alpha value is -2.23. The monoisotopic (exact) mass is 330 g/mol. The molecule has 2 aromatic rings. The molecule has 0 fully saturated rings. The van der Waals surface area contributed by atoms with Crippen molar-refractivity contribution in [1.29, 1.82) is 5.26 Å². The molecule has 0 radical (unpaired) electrons. The van der Waals surface area contributed by atoms with Crippen molar-refractivity contribution in [2.45, 2.75) is 9.79 Å². The summed E-state index contributed by atoms with van der Waals surface area (Å²) in [6, 6.07) is 15.0. The van der Waals surface area contributed by atoms with E-state index in [0.29, 0.717) is 17.0 Å². The number of hydrogen-bond acceptors (Lipinski definition) is 4. The molecule has 0 saturated heterocycles. The van der Waals surface area contributed by atoms with Crippen LogP contribution in [-0.4, -0.2) is 14.2 Å². The molecule has 112 valence electrons. The lowest BCUT2D eigenvalue weighted by Crippen LogP contribution is -2.13. The fraction of sp³-hybridized carbons (Fsp3) is 0.0625. The first-order chi connectivity index (χ1) is 10.6. The number of nitrogens with one attached hydrogen (secondary N) is 1. The summed E-state index contributed by atoms with van der Waals surface area (Å²) < 4.78 is 27.5. The number of nitrogens with zero attached hydrogens (tertiary/aromatic N) is 1. The molecule has 4 nitrogen and oxygen atoms in total. The molecule has 2 aromatic carbocycles. The largest absolute Gasteiger partial charge is 0.278 e. The Morgan fingerprint density at radius 2 is 2.00 bits per heavy atom. The highest BCUT2D eigenvalue weighted by Gasteiger charge is 2.16. The predicted octanol–water partition coefficient (Wildman–Crippen LogP) is 3.64. The van der Waals surface area contributed by atoms with Gasteiger partial charge in [-0.1, -0.05) is 24.3 Å². The molecule has 0 aliphatic carbocycles. The first-order valence-corrected chi connectivity index (χ1v) is 8.89. The number of sulfonamides is 1. The van der Waals surface area contributed by atoms with Crippen molar-refractivity contribution in [1.82, 2.24) is 0 Å². The van der Waals surface area contributed by atoms with Crippen LogP contribution < -0.4 is 4.72 Å². The van der Waals surface area contributed by atoms with Crippen molar-refractivity contribution >= 4 is 27.5 Å². The van der Waals surface area contributed by atoms with Gasteiger partial charge < -0.3 is 0 Å². The Morgan fingerprint density at radius 3 is 2.73 bits per heavy atom. The third kappa shape index (κ3) is 3.91. The smallest absolute Gasteiger partial charge is 0.261 e. The van der Waals surface area contributed by atoms with E-state index in [1.807, 2.05) is 18.2 Å². The van der Waals surface area contributed by atoms with Crippen molar-refractivity contribution in [2.75, 3.05) is 10.5 Å². The fourth-order valence-electron chi connectivity index (χ4n) is 1.76. The Bertz CT molecular complexity index is 824. The summed E-state index contributed by atoms with van der Waals surface area (Å²) in [5.41, 5.74) is 0.814. The van der Waals surface area contributed by atoms with Gasteiger partial charge in [-0.3, -0.25) is 4.72 Å². The van der Waals surface area contributed by atoms with Gasteiger partial charge in [0, 0.05) is 10.6 Å². The lowest BCUT2D eigenvalue weighted by atomic mass is 10.2. The molecule has 0 amide bonds. The van der Waals surface area contributed by atoms with Crippen LogP contribution >= 0.6 is 11.8 Å². The van der Waals surface area contributed by atoms with Crippen molar-refractivity contribution in [3.63, 3.8) is 0 Å². The van der Waals surface area contributed by atoms with Gasteiger partial charge in [-0.2, -0.15) is 5.26 Å². The average molecular weight is 330 g/mol. The summed E-state index contributed by atoms with van der Waals surface area (Å²) in [4.78, 5) is 0.887. The van der Waals surface area contributed by atoms with E-state index in [1.54, 1.807) is 30.3 Å². The molecule has 0 heterocycles. The molecular formula is C16H14N2O2S2. The minimum atomic E-state index is -3.73. The summed E-state index contributed by atoms with van der Waals surface area (Å²) in [5, 5.41) is 8.88. The number of benzene rings is 2. The predicted molar refractivity (Wildman–Crippen MR) is 89.3 cm³/mol. The van der Waals surface area contributed by atoms with Crippen molar-refractivity contribution in [3.8, 4) is 6.07 Å². The van der Waals surface area contributed by atoms with Crippen LogP contribution in [0, 0.1) is 11.3 Å². The number of nitriles is 1. The van der Waals surface area contributed by atoms with Crippen LogP contribution in [0.3, 0.4) is 0 Å². The van der Waals surface area contributed by atoms with E-state index in [1.165, 1.54) is 23.9 Å². The molecule has 6 heteroatoms. The van der Waals surface area contributed by atoms with Gasteiger partial charge in [0.05, 0.1) is 22.2 Å². The number of para-hydroxylation sites is 1. The highest BCUT2D eigenvalue weighted by Crippen LogP contribution is 2.29. The maximum atomic E-state index is 12.4. The second-order valence-electron chi connectivity index (χ2n) is 4.34. The average Bonchev–Trinajstić information content (AvgIpc) is 2.54. The second kappa shape index (κ2) is 7.16. The van der Waals surface area contributed by atoms with Gasteiger partial charge in [0.2, 0.25) is 0 Å². The molecule has 0 bridgehead atoms. The standard InChI is InChI=1S/C16H14N2O2S2/c1-2-10-21-16-9-4-3-8-15(16)18-22(19,20)14-7-5-6-13(11-14)12-17/h2-9,11,18H,1,10H2. The molecule has 0 unspecified atom stereocenters. The van der Waals surface area contributed by atoms with Gasteiger partial charge in [-0.15, -0.1) is 18.3 Å². The molecule has 0 aliphatic heterocycles. The molecule has 0 spiro atoms. The number of thioether (sulfide) groups is 1. The molecule has 0 aromatic heterocycles. The van der Waals surface area contributed by atoms with Crippen LogP contribution in [0.1, 0.15) is 5.56 Å². The molecular weight excluding hydrogens is 316 g/mol. The summed E-state index contributed by atoms with van der Waals surface area (Å²) in [5.74, 6) is 0.683. The van der Waals surface area contributed by atoms with E-state index in [2.05, 4.69) is 11.3 Å². The van der Waals surface area contributed by atoms with E-state index >= 15 is 0 Å². The normalized spacial score (nSPS) is 10.7. The minimum absolute atomic E-state index is 0.0649. The van der Waals surface area contributed by atoms with Crippen LogP contribution in [0.25, 0.3) is 0 Å². The van der Waals surface area contributed by atoms with Crippen LogP contribution in [-0.2, 0) is 10.0 Å². The Balaban J connectivity index is 2.33. The van der Waals surface area contributed by atoms with Crippen molar-refractivity contribution < 1.29 is 8.42 Å². The lowest BCUT2D eigenvalue weighted by Gasteiger charge is -2.12.